The molecule has 1 rings (SSSR count). The highest BCUT2D eigenvalue weighted by atomic mass is 16.6. The Morgan fingerprint density at radius 1 is 0.793 bits per heavy atom. The van der Waals surface area contributed by atoms with Gasteiger partial charge in [-0.05, 0) is 30.5 Å². The molecule has 0 aliphatic rings. The van der Waals surface area contributed by atoms with E-state index in [9.17, 15) is 9.59 Å². The topological polar surface area (TPSA) is 52.6 Å². The van der Waals surface area contributed by atoms with E-state index in [2.05, 4.69) is 17.7 Å². The van der Waals surface area contributed by atoms with Gasteiger partial charge in [-0.1, -0.05) is 96.1 Å². The number of carbonyl (C=O) groups excluding carboxylic acids is 2. The molecule has 0 atom stereocenters. The van der Waals surface area contributed by atoms with E-state index < -0.39 is 11.9 Å². The Kier molecular flexibility index (Phi) is 14.8. The lowest BCUT2D eigenvalue weighted by molar-refractivity contribution is -0.159. The first kappa shape index (κ1) is 25.2. The quantitative estimate of drug-likeness (QED) is 0.163. The van der Waals surface area contributed by atoms with Crippen LogP contribution < -0.4 is 4.74 Å². The lowest BCUT2D eigenvalue weighted by Gasteiger charge is -2.07. The van der Waals surface area contributed by atoms with Gasteiger partial charge in [0.25, 0.3) is 0 Å². The minimum atomic E-state index is -0.667. The maximum atomic E-state index is 11.4. The minimum Gasteiger partial charge on any atom is -0.482 e. The monoisotopic (exact) mass is 404 g/mol. The summed E-state index contributed by atoms with van der Waals surface area (Å²) in [5.41, 5.74) is 1.21. The molecule has 4 nitrogen and oxygen atoms in total. The van der Waals surface area contributed by atoms with E-state index in [0.29, 0.717) is 5.75 Å². The second-order valence-corrected chi connectivity index (χ2v) is 7.89. The number of esters is 2. The predicted molar refractivity (Wildman–Crippen MR) is 118 cm³/mol. The van der Waals surface area contributed by atoms with Crippen molar-refractivity contribution in [2.45, 2.75) is 104 Å². The molecule has 0 saturated carbocycles. The largest absolute Gasteiger partial charge is 0.482 e. The SMILES string of the molecule is CCCCCCCCCCCCCCCc1cccc(OCC(=O)OC(C)=O)c1. The van der Waals surface area contributed by atoms with Crippen molar-refractivity contribution >= 4 is 11.9 Å². The highest BCUT2D eigenvalue weighted by molar-refractivity contribution is 5.84. The van der Waals surface area contributed by atoms with Crippen LogP contribution in [0.4, 0.5) is 0 Å². The van der Waals surface area contributed by atoms with Crippen LogP contribution in [-0.2, 0) is 20.7 Å². The van der Waals surface area contributed by atoms with Gasteiger partial charge in [0, 0.05) is 6.92 Å². The molecule has 29 heavy (non-hydrogen) atoms. The zero-order valence-corrected chi connectivity index (χ0v) is 18.5. The van der Waals surface area contributed by atoms with Crippen LogP contribution in [0, 0.1) is 0 Å². The van der Waals surface area contributed by atoms with E-state index in [1.165, 1.54) is 96.0 Å². The number of carbonyl (C=O) groups is 2. The Bertz CT molecular complexity index is 568. The van der Waals surface area contributed by atoms with Gasteiger partial charge < -0.3 is 9.47 Å². The number of hydrogen-bond acceptors (Lipinski definition) is 4. The summed E-state index contributed by atoms with van der Waals surface area (Å²) < 4.78 is 9.85. The van der Waals surface area contributed by atoms with Crippen molar-refractivity contribution in [2.75, 3.05) is 6.61 Å². The maximum Gasteiger partial charge on any atom is 0.351 e. The van der Waals surface area contributed by atoms with Crippen LogP contribution in [0.3, 0.4) is 0 Å². The smallest absolute Gasteiger partial charge is 0.351 e. The molecule has 0 unspecified atom stereocenters. The van der Waals surface area contributed by atoms with Crippen molar-refractivity contribution < 1.29 is 19.1 Å². The highest BCUT2D eigenvalue weighted by Crippen LogP contribution is 2.17. The number of ether oxygens (including phenoxy) is 2. The summed E-state index contributed by atoms with van der Waals surface area (Å²) in [7, 11) is 0. The standard InChI is InChI=1S/C25H40O4/c1-3-4-5-6-7-8-9-10-11-12-13-14-15-17-23-18-16-19-24(20-23)28-21-25(27)29-22(2)26/h16,18-20H,3-15,17,21H2,1-2H3. The van der Waals surface area contributed by atoms with Gasteiger partial charge in [0.2, 0.25) is 0 Å². The van der Waals surface area contributed by atoms with E-state index >= 15 is 0 Å². The summed E-state index contributed by atoms with van der Waals surface area (Å²) in [6, 6.07) is 7.79. The van der Waals surface area contributed by atoms with Crippen LogP contribution in [0.25, 0.3) is 0 Å². The first-order valence-electron chi connectivity index (χ1n) is 11.5. The van der Waals surface area contributed by atoms with Gasteiger partial charge in [-0.2, -0.15) is 0 Å². The molecule has 4 heteroatoms. The number of benzene rings is 1. The molecule has 1 aromatic carbocycles. The van der Waals surface area contributed by atoms with E-state index in [1.54, 1.807) is 0 Å². The molecule has 0 aliphatic heterocycles. The second kappa shape index (κ2) is 17.1. The number of unbranched alkanes of at least 4 members (excludes halogenated alkanes) is 12. The molecule has 0 N–H and O–H groups in total. The lowest BCUT2D eigenvalue weighted by Crippen LogP contribution is -2.17. The second-order valence-electron chi connectivity index (χ2n) is 7.89. The summed E-state index contributed by atoms with van der Waals surface area (Å²) in [5, 5.41) is 0. The summed E-state index contributed by atoms with van der Waals surface area (Å²) in [5.74, 6) is -0.646. The van der Waals surface area contributed by atoms with Crippen molar-refractivity contribution in [1.82, 2.24) is 0 Å². The van der Waals surface area contributed by atoms with Gasteiger partial charge in [0.05, 0.1) is 0 Å². The fourth-order valence-electron chi connectivity index (χ4n) is 3.47. The molecule has 0 radical (unpaired) electrons. The molecule has 0 bridgehead atoms. The molecule has 0 saturated heterocycles. The fraction of sp³-hybridized carbons (Fsp3) is 0.680. The van der Waals surface area contributed by atoms with Crippen molar-refractivity contribution in [1.29, 1.82) is 0 Å². The number of aryl methyl sites for hydroxylation is 1. The van der Waals surface area contributed by atoms with Crippen LogP contribution >= 0.6 is 0 Å². The Balaban J connectivity index is 2.02. The Hall–Kier alpha value is -1.84. The van der Waals surface area contributed by atoms with Crippen LogP contribution in [0.2, 0.25) is 0 Å². The fourth-order valence-corrected chi connectivity index (χ4v) is 3.47. The third-order valence-electron chi connectivity index (χ3n) is 5.08. The molecule has 164 valence electrons. The van der Waals surface area contributed by atoms with Gasteiger partial charge in [0.1, 0.15) is 5.75 Å². The van der Waals surface area contributed by atoms with Gasteiger partial charge in [-0.15, -0.1) is 0 Å². The minimum absolute atomic E-state index is 0.248. The number of rotatable bonds is 17. The van der Waals surface area contributed by atoms with E-state index in [-0.39, 0.29) is 6.61 Å². The Morgan fingerprint density at radius 3 is 1.90 bits per heavy atom. The molecular formula is C25H40O4. The molecule has 1 aromatic rings. The van der Waals surface area contributed by atoms with Crippen LogP contribution in [0.5, 0.6) is 5.75 Å². The van der Waals surface area contributed by atoms with Crippen molar-refractivity contribution in [3.8, 4) is 5.75 Å². The molecule has 0 aliphatic carbocycles. The Labute approximate surface area is 177 Å². The van der Waals surface area contributed by atoms with Gasteiger partial charge in [0.15, 0.2) is 6.61 Å². The van der Waals surface area contributed by atoms with Crippen molar-refractivity contribution in [2.24, 2.45) is 0 Å². The normalized spacial score (nSPS) is 10.7. The average molecular weight is 405 g/mol. The summed E-state index contributed by atoms with van der Waals surface area (Å²) in [6.07, 6.45) is 18.7. The van der Waals surface area contributed by atoms with E-state index in [1.807, 2.05) is 18.2 Å². The van der Waals surface area contributed by atoms with Gasteiger partial charge in [-0.3, -0.25) is 4.79 Å². The first-order chi connectivity index (χ1) is 14.1. The molecule has 0 amide bonds. The molecule has 0 heterocycles. The zero-order chi connectivity index (χ0) is 21.2. The Morgan fingerprint density at radius 2 is 1.34 bits per heavy atom. The van der Waals surface area contributed by atoms with Crippen LogP contribution in [0.1, 0.15) is 103 Å². The summed E-state index contributed by atoms with van der Waals surface area (Å²) in [4.78, 5) is 22.1. The molecule has 0 fully saturated rings. The summed E-state index contributed by atoms with van der Waals surface area (Å²) in [6.45, 7) is 3.22. The summed E-state index contributed by atoms with van der Waals surface area (Å²) >= 11 is 0. The first-order valence-corrected chi connectivity index (χ1v) is 11.5. The molecule has 0 spiro atoms. The van der Waals surface area contributed by atoms with Crippen LogP contribution in [0.15, 0.2) is 24.3 Å². The lowest BCUT2D eigenvalue weighted by atomic mass is 10.0. The van der Waals surface area contributed by atoms with E-state index in [0.717, 1.165) is 6.42 Å². The zero-order valence-electron chi connectivity index (χ0n) is 18.5. The van der Waals surface area contributed by atoms with Crippen LogP contribution in [-0.4, -0.2) is 18.5 Å². The molecular weight excluding hydrogens is 364 g/mol. The highest BCUT2D eigenvalue weighted by Gasteiger charge is 2.07. The van der Waals surface area contributed by atoms with Crippen molar-refractivity contribution in [3.05, 3.63) is 29.8 Å². The van der Waals surface area contributed by atoms with E-state index in [4.69, 9.17) is 4.74 Å². The molecule has 0 aromatic heterocycles. The van der Waals surface area contributed by atoms with Gasteiger partial charge >= 0.3 is 11.9 Å². The average Bonchev–Trinajstić information content (AvgIpc) is 2.70. The maximum absolute atomic E-state index is 11.4. The van der Waals surface area contributed by atoms with Gasteiger partial charge in [-0.25, -0.2) is 4.79 Å². The third kappa shape index (κ3) is 14.8. The third-order valence-corrected chi connectivity index (χ3v) is 5.08. The van der Waals surface area contributed by atoms with Crippen molar-refractivity contribution in [3.63, 3.8) is 0 Å². The number of hydrogen-bond donors (Lipinski definition) is 0. The predicted octanol–water partition coefficient (Wildman–Crippen LogP) is 6.79.